The molecule has 0 saturated carbocycles. The normalized spacial score (nSPS) is 18.4. The molecule has 0 spiro atoms. The number of carbonyl (C=O) groups excluding carboxylic acids is 2. The monoisotopic (exact) mass is 335 g/mol. The van der Waals surface area contributed by atoms with Crippen LogP contribution in [-0.4, -0.2) is 53.2 Å². The van der Waals surface area contributed by atoms with Crippen LogP contribution in [0.2, 0.25) is 0 Å². The van der Waals surface area contributed by atoms with Gasteiger partial charge < -0.3 is 26.0 Å². The maximum atomic E-state index is 12.2. The summed E-state index contributed by atoms with van der Waals surface area (Å²) in [4.78, 5) is 31.6. The van der Waals surface area contributed by atoms with Crippen LogP contribution >= 0.6 is 0 Å². The van der Waals surface area contributed by atoms with Gasteiger partial charge in [0.05, 0.1) is 17.4 Å². The SMILES string of the molecule is CC1CN(C(=O)OC(C)(C)C)CCN1c1cc(C(N)=O)c(N)cn1. The van der Waals surface area contributed by atoms with Crippen LogP contribution in [0.1, 0.15) is 38.1 Å². The molecular formula is C16H25N5O3. The number of nitrogens with two attached hydrogens (primary N) is 2. The first-order valence-electron chi connectivity index (χ1n) is 7.88. The molecule has 1 aliphatic rings. The average Bonchev–Trinajstić information content (AvgIpc) is 2.46. The molecule has 4 N–H and O–H groups in total. The van der Waals surface area contributed by atoms with Gasteiger partial charge in [-0.3, -0.25) is 4.79 Å². The van der Waals surface area contributed by atoms with Crippen LogP contribution < -0.4 is 16.4 Å². The smallest absolute Gasteiger partial charge is 0.410 e. The molecule has 1 unspecified atom stereocenters. The zero-order valence-corrected chi connectivity index (χ0v) is 14.6. The highest BCUT2D eigenvalue weighted by molar-refractivity contribution is 5.98. The maximum absolute atomic E-state index is 12.2. The number of pyridine rings is 1. The summed E-state index contributed by atoms with van der Waals surface area (Å²) in [6, 6.07) is 1.61. The lowest BCUT2D eigenvalue weighted by Gasteiger charge is -2.40. The maximum Gasteiger partial charge on any atom is 0.410 e. The van der Waals surface area contributed by atoms with E-state index in [1.165, 1.54) is 6.20 Å². The first kappa shape index (κ1) is 17.8. The van der Waals surface area contributed by atoms with Gasteiger partial charge in [-0.1, -0.05) is 0 Å². The highest BCUT2D eigenvalue weighted by Crippen LogP contribution is 2.23. The van der Waals surface area contributed by atoms with E-state index in [1.807, 2.05) is 32.6 Å². The number of nitrogen functional groups attached to an aromatic ring is 1. The Balaban J connectivity index is 2.10. The van der Waals surface area contributed by atoms with Gasteiger partial charge in [0.1, 0.15) is 11.4 Å². The van der Waals surface area contributed by atoms with Gasteiger partial charge in [0.25, 0.3) is 5.91 Å². The lowest BCUT2D eigenvalue weighted by molar-refractivity contribution is 0.0218. The standard InChI is InChI=1S/C16H25N5O3/c1-10-9-20(15(23)24-16(2,3)4)5-6-21(10)13-7-11(14(18)22)12(17)8-19-13/h7-8,10H,5-6,9,17H2,1-4H3,(H2,18,22). The zero-order chi connectivity index (χ0) is 18.1. The summed E-state index contributed by atoms with van der Waals surface area (Å²) in [5.74, 6) is 0.0329. The molecule has 1 fully saturated rings. The summed E-state index contributed by atoms with van der Waals surface area (Å²) in [5, 5.41) is 0. The Morgan fingerprint density at radius 3 is 2.54 bits per heavy atom. The van der Waals surface area contributed by atoms with Crippen molar-refractivity contribution in [3.63, 3.8) is 0 Å². The van der Waals surface area contributed by atoms with E-state index in [4.69, 9.17) is 16.2 Å². The Hall–Kier alpha value is -2.51. The van der Waals surface area contributed by atoms with Crippen LogP contribution in [0.15, 0.2) is 12.3 Å². The Morgan fingerprint density at radius 1 is 1.33 bits per heavy atom. The van der Waals surface area contributed by atoms with Crippen LogP contribution in [0.25, 0.3) is 0 Å². The highest BCUT2D eigenvalue weighted by Gasteiger charge is 2.30. The van der Waals surface area contributed by atoms with Gasteiger partial charge in [-0.2, -0.15) is 0 Å². The molecule has 1 atom stereocenters. The molecule has 132 valence electrons. The van der Waals surface area contributed by atoms with E-state index in [-0.39, 0.29) is 23.4 Å². The molecule has 2 rings (SSSR count). The van der Waals surface area contributed by atoms with E-state index in [9.17, 15) is 9.59 Å². The first-order chi connectivity index (χ1) is 11.1. The van der Waals surface area contributed by atoms with Crippen molar-refractivity contribution >= 4 is 23.5 Å². The minimum Gasteiger partial charge on any atom is -0.444 e. The third-order valence-corrected chi connectivity index (χ3v) is 3.76. The van der Waals surface area contributed by atoms with E-state index in [0.29, 0.717) is 25.5 Å². The minimum absolute atomic E-state index is 0.0168. The second-order valence-corrected chi connectivity index (χ2v) is 6.96. The van der Waals surface area contributed by atoms with Crippen molar-refractivity contribution in [2.24, 2.45) is 5.73 Å². The Morgan fingerprint density at radius 2 is 2.00 bits per heavy atom. The van der Waals surface area contributed by atoms with E-state index in [2.05, 4.69) is 4.98 Å². The zero-order valence-electron chi connectivity index (χ0n) is 14.6. The van der Waals surface area contributed by atoms with Crippen molar-refractivity contribution < 1.29 is 14.3 Å². The van der Waals surface area contributed by atoms with Crippen molar-refractivity contribution in [1.29, 1.82) is 0 Å². The Kier molecular flexibility index (Phi) is 4.86. The summed E-state index contributed by atoms with van der Waals surface area (Å²) in [6.07, 6.45) is 1.11. The molecule has 8 nitrogen and oxygen atoms in total. The molecule has 0 aliphatic carbocycles. The van der Waals surface area contributed by atoms with E-state index in [1.54, 1.807) is 11.0 Å². The van der Waals surface area contributed by atoms with Crippen LogP contribution in [0.5, 0.6) is 0 Å². The summed E-state index contributed by atoms with van der Waals surface area (Å²) < 4.78 is 5.41. The fourth-order valence-electron chi connectivity index (χ4n) is 2.62. The number of ether oxygens (including phenoxy) is 1. The quantitative estimate of drug-likeness (QED) is 0.839. The largest absolute Gasteiger partial charge is 0.444 e. The second-order valence-electron chi connectivity index (χ2n) is 6.96. The predicted octanol–water partition coefficient (Wildman–Crippen LogP) is 1.21. The molecule has 1 saturated heterocycles. The first-order valence-corrected chi connectivity index (χ1v) is 7.88. The van der Waals surface area contributed by atoms with Gasteiger partial charge in [0.15, 0.2) is 0 Å². The highest BCUT2D eigenvalue weighted by atomic mass is 16.6. The summed E-state index contributed by atoms with van der Waals surface area (Å²) in [6.45, 7) is 9.11. The number of primary amides is 1. The van der Waals surface area contributed by atoms with Gasteiger partial charge in [-0.25, -0.2) is 9.78 Å². The third-order valence-electron chi connectivity index (χ3n) is 3.76. The molecular weight excluding hydrogens is 310 g/mol. The predicted molar refractivity (Wildman–Crippen MR) is 91.8 cm³/mol. The van der Waals surface area contributed by atoms with Crippen molar-refractivity contribution in [2.75, 3.05) is 30.3 Å². The number of piperazine rings is 1. The Bertz CT molecular complexity index is 641. The summed E-state index contributed by atoms with van der Waals surface area (Å²) in [5.41, 5.74) is 11.0. The molecule has 2 heterocycles. The van der Waals surface area contributed by atoms with Crippen molar-refractivity contribution in [2.45, 2.75) is 39.3 Å². The van der Waals surface area contributed by atoms with Crippen LogP contribution in [0, 0.1) is 0 Å². The van der Waals surface area contributed by atoms with Gasteiger partial charge >= 0.3 is 6.09 Å². The van der Waals surface area contributed by atoms with Crippen molar-refractivity contribution in [3.05, 3.63) is 17.8 Å². The molecule has 1 aromatic rings. The number of carbonyl (C=O) groups is 2. The average molecular weight is 335 g/mol. The fraction of sp³-hybridized carbons (Fsp3) is 0.562. The van der Waals surface area contributed by atoms with Crippen LogP contribution in [-0.2, 0) is 4.74 Å². The summed E-state index contributed by atoms with van der Waals surface area (Å²) >= 11 is 0. The number of hydrogen-bond acceptors (Lipinski definition) is 6. The third kappa shape index (κ3) is 4.06. The second kappa shape index (κ2) is 6.54. The number of hydrogen-bond donors (Lipinski definition) is 2. The van der Waals surface area contributed by atoms with E-state index < -0.39 is 11.5 Å². The Labute approximate surface area is 141 Å². The lowest BCUT2D eigenvalue weighted by atomic mass is 10.1. The molecule has 2 amide bonds. The van der Waals surface area contributed by atoms with Crippen molar-refractivity contribution in [3.8, 4) is 0 Å². The molecule has 0 aromatic carbocycles. The molecule has 1 aliphatic heterocycles. The molecule has 0 bridgehead atoms. The van der Waals surface area contributed by atoms with E-state index >= 15 is 0 Å². The fourth-order valence-corrected chi connectivity index (χ4v) is 2.62. The minimum atomic E-state index is -0.587. The van der Waals surface area contributed by atoms with Gasteiger partial charge in [-0.05, 0) is 33.8 Å². The van der Waals surface area contributed by atoms with Gasteiger partial charge in [0, 0.05) is 25.7 Å². The number of aromatic nitrogens is 1. The molecule has 0 radical (unpaired) electrons. The number of amides is 2. The van der Waals surface area contributed by atoms with Gasteiger partial charge in [-0.15, -0.1) is 0 Å². The molecule has 8 heteroatoms. The lowest BCUT2D eigenvalue weighted by Crippen LogP contribution is -2.54. The molecule has 1 aromatic heterocycles. The summed E-state index contributed by atoms with van der Waals surface area (Å²) in [7, 11) is 0. The molecule has 24 heavy (non-hydrogen) atoms. The van der Waals surface area contributed by atoms with Crippen LogP contribution in [0.4, 0.5) is 16.3 Å². The van der Waals surface area contributed by atoms with Crippen LogP contribution in [0.3, 0.4) is 0 Å². The number of nitrogens with zero attached hydrogens (tertiary/aromatic N) is 3. The number of rotatable bonds is 2. The van der Waals surface area contributed by atoms with Crippen molar-refractivity contribution in [1.82, 2.24) is 9.88 Å². The topological polar surface area (TPSA) is 115 Å². The van der Waals surface area contributed by atoms with Gasteiger partial charge in [0.2, 0.25) is 0 Å². The number of anilines is 2. The van der Waals surface area contributed by atoms with E-state index in [0.717, 1.165) is 0 Å².